The van der Waals surface area contributed by atoms with Gasteiger partial charge in [-0.15, -0.1) is 10.2 Å². The lowest BCUT2D eigenvalue weighted by Gasteiger charge is -2.35. The van der Waals surface area contributed by atoms with Crippen molar-refractivity contribution in [2.24, 2.45) is 0 Å². The van der Waals surface area contributed by atoms with Gasteiger partial charge in [-0.2, -0.15) is 0 Å². The molecule has 2 fully saturated rings. The highest BCUT2D eigenvalue weighted by Crippen LogP contribution is 2.41. The lowest BCUT2D eigenvalue weighted by atomic mass is 9.94. The summed E-state index contributed by atoms with van der Waals surface area (Å²) in [5.74, 6) is 1.77. The van der Waals surface area contributed by atoms with Gasteiger partial charge in [-0.25, -0.2) is 0 Å². The molecular weight excluding hydrogens is 368 g/mol. The van der Waals surface area contributed by atoms with Crippen LogP contribution in [0.2, 0.25) is 0 Å². The van der Waals surface area contributed by atoms with Gasteiger partial charge in [0.05, 0.1) is 5.25 Å². The molecular formula is C22H30N4OS. The molecule has 6 heteroatoms. The summed E-state index contributed by atoms with van der Waals surface area (Å²) < 4.78 is 2.16. The molecule has 1 amide bonds. The standard InChI is InChI=1S/C22H30N4OS/c1-3-25(18-10-6-4-7-11-18)21(27)16(2)28-22-24-23-20(17-14-15-17)26(22)19-12-8-5-9-13-19/h5,8-9,12-13,16-18H,3-4,6-7,10-11,14-15H2,1-2H3. The molecule has 4 rings (SSSR count). The van der Waals surface area contributed by atoms with Gasteiger partial charge in [0.2, 0.25) is 5.91 Å². The van der Waals surface area contributed by atoms with Crippen molar-refractivity contribution in [3.8, 4) is 5.69 Å². The number of hydrogen-bond donors (Lipinski definition) is 0. The summed E-state index contributed by atoms with van der Waals surface area (Å²) in [5, 5.41) is 9.63. The van der Waals surface area contributed by atoms with Gasteiger partial charge in [0.25, 0.3) is 0 Å². The summed E-state index contributed by atoms with van der Waals surface area (Å²) >= 11 is 1.54. The summed E-state index contributed by atoms with van der Waals surface area (Å²) in [6.45, 7) is 4.90. The highest BCUT2D eigenvalue weighted by Gasteiger charge is 2.33. The molecule has 2 aliphatic carbocycles. The third-order valence-electron chi connectivity index (χ3n) is 5.88. The molecule has 2 aromatic rings. The molecule has 5 nitrogen and oxygen atoms in total. The average molecular weight is 399 g/mol. The monoisotopic (exact) mass is 398 g/mol. The molecule has 1 aromatic heterocycles. The van der Waals surface area contributed by atoms with Crippen LogP contribution in [-0.4, -0.2) is 43.4 Å². The fraction of sp³-hybridized carbons (Fsp3) is 0.591. The number of nitrogens with zero attached hydrogens (tertiary/aromatic N) is 4. The van der Waals surface area contributed by atoms with Crippen molar-refractivity contribution in [2.45, 2.75) is 81.2 Å². The number of aromatic nitrogens is 3. The highest BCUT2D eigenvalue weighted by molar-refractivity contribution is 8.00. The van der Waals surface area contributed by atoms with Crippen molar-refractivity contribution in [1.82, 2.24) is 19.7 Å². The zero-order valence-corrected chi connectivity index (χ0v) is 17.7. The first-order valence-electron chi connectivity index (χ1n) is 10.7. The van der Waals surface area contributed by atoms with Gasteiger partial charge < -0.3 is 4.90 Å². The van der Waals surface area contributed by atoms with E-state index in [1.54, 1.807) is 11.8 Å². The van der Waals surface area contributed by atoms with Gasteiger partial charge in [0, 0.05) is 24.2 Å². The molecule has 0 N–H and O–H groups in total. The first-order valence-corrected chi connectivity index (χ1v) is 11.5. The fourth-order valence-electron chi connectivity index (χ4n) is 4.21. The van der Waals surface area contributed by atoms with Crippen molar-refractivity contribution >= 4 is 17.7 Å². The van der Waals surface area contributed by atoms with Crippen molar-refractivity contribution in [1.29, 1.82) is 0 Å². The largest absolute Gasteiger partial charge is 0.339 e. The fourth-order valence-corrected chi connectivity index (χ4v) is 5.16. The molecule has 0 aliphatic heterocycles. The quantitative estimate of drug-likeness (QED) is 0.628. The Morgan fingerprint density at radius 3 is 2.50 bits per heavy atom. The van der Waals surface area contributed by atoms with Gasteiger partial charge in [-0.1, -0.05) is 49.2 Å². The number of carbonyl (C=O) groups is 1. The number of amides is 1. The van der Waals surface area contributed by atoms with E-state index in [2.05, 4.69) is 38.7 Å². The number of para-hydroxylation sites is 1. The average Bonchev–Trinajstić information content (AvgIpc) is 3.50. The molecule has 28 heavy (non-hydrogen) atoms. The molecule has 2 aliphatic rings. The Hall–Kier alpha value is -1.82. The van der Waals surface area contributed by atoms with E-state index >= 15 is 0 Å². The third-order valence-corrected chi connectivity index (χ3v) is 6.91. The summed E-state index contributed by atoms with van der Waals surface area (Å²) in [4.78, 5) is 15.3. The van der Waals surface area contributed by atoms with Crippen LogP contribution in [0.1, 0.15) is 70.5 Å². The molecule has 0 bridgehead atoms. The van der Waals surface area contributed by atoms with Crippen molar-refractivity contribution in [3.63, 3.8) is 0 Å². The van der Waals surface area contributed by atoms with Crippen LogP contribution >= 0.6 is 11.8 Å². The number of benzene rings is 1. The van der Waals surface area contributed by atoms with Crippen molar-refractivity contribution in [2.75, 3.05) is 6.54 Å². The Labute approximate surface area is 171 Å². The highest BCUT2D eigenvalue weighted by atomic mass is 32.2. The number of rotatable bonds is 7. The maximum absolute atomic E-state index is 13.2. The third kappa shape index (κ3) is 4.12. The molecule has 2 saturated carbocycles. The number of hydrogen-bond acceptors (Lipinski definition) is 4. The number of carbonyl (C=O) groups excluding carboxylic acids is 1. The smallest absolute Gasteiger partial charge is 0.236 e. The molecule has 1 heterocycles. The van der Waals surface area contributed by atoms with E-state index in [1.165, 1.54) is 32.1 Å². The number of thioether (sulfide) groups is 1. The molecule has 0 radical (unpaired) electrons. The predicted molar refractivity (Wildman–Crippen MR) is 113 cm³/mol. The minimum atomic E-state index is -0.166. The Morgan fingerprint density at radius 1 is 1.14 bits per heavy atom. The Morgan fingerprint density at radius 2 is 1.86 bits per heavy atom. The predicted octanol–water partition coefficient (Wildman–Crippen LogP) is 4.81. The van der Waals surface area contributed by atoms with Crippen LogP contribution in [0.25, 0.3) is 5.69 Å². The molecule has 0 saturated heterocycles. The van der Waals surface area contributed by atoms with Crippen molar-refractivity contribution < 1.29 is 4.79 Å². The Balaban J connectivity index is 1.54. The second kappa shape index (κ2) is 8.68. The maximum Gasteiger partial charge on any atom is 0.236 e. The lowest BCUT2D eigenvalue weighted by Crippen LogP contribution is -2.44. The van der Waals surface area contributed by atoms with Crippen LogP contribution in [0.3, 0.4) is 0 Å². The first-order chi connectivity index (χ1) is 13.7. The minimum Gasteiger partial charge on any atom is -0.339 e. The van der Waals surface area contributed by atoms with Crippen LogP contribution in [-0.2, 0) is 4.79 Å². The van der Waals surface area contributed by atoms with E-state index in [4.69, 9.17) is 0 Å². The second-order valence-electron chi connectivity index (χ2n) is 7.96. The van der Waals surface area contributed by atoms with Crippen molar-refractivity contribution in [3.05, 3.63) is 36.2 Å². The van der Waals surface area contributed by atoms with Crippen LogP contribution in [0.4, 0.5) is 0 Å². The van der Waals surface area contributed by atoms with E-state index in [-0.39, 0.29) is 11.2 Å². The zero-order chi connectivity index (χ0) is 19.5. The van der Waals surface area contributed by atoms with Gasteiger partial charge >= 0.3 is 0 Å². The van der Waals surface area contributed by atoms with Crippen LogP contribution in [0.15, 0.2) is 35.5 Å². The Kier molecular flexibility index (Phi) is 6.04. The van der Waals surface area contributed by atoms with Crippen LogP contribution in [0.5, 0.6) is 0 Å². The van der Waals surface area contributed by atoms with Gasteiger partial charge in [-0.05, 0) is 51.7 Å². The summed E-state index contributed by atoms with van der Waals surface area (Å²) in [7, 11) is 0. The van der Waals surface area contributed by atoms with Crippen LogP contribution < -0.4 is 0 Å². The molecule has 1 unspecified atom stereocenters. The summed E-state index contributed by atoms with van der Waals surface area (Å²) in [6.07, 6.45) is 8.42. The molecule has 0 spiro atoms. The van der Waals surface area contributed by atoms with Crippen LogP contribution in [0, 0.1) is 0 Å². The van der Waals surface area contributed by atoms with E-state index in [9.17, 15) is 4.79 Å². The normalized spacial score (nSPS) is 18.8. The van der Waals surface area contributed by atoms with E-state index < -0.39 is 0 Å². The Bertz CT molecular complexity index is 796. The second-order valence-corrected chi connectivity index (χ2v) is 9.27. The van der Waals surface area contributed by atoms with E-state index in [0.29, 0.717) is 12.0 Å². The van der Waals surface area contributed by atoms with Gasteiger partial charge in [-0.3, -0.25) is 9.36 Å². The minimum absolute atomic E-state index is 0.166. The molecule has 1 aromatic carbocycles. The summed E-state index contributed by atoms with van der Waals surface area (Å²) in [5.41, 5.74) is 1.08. The van der Waals surface area contributed by atoms with Gasteiger partial charge in [0.1, 0.15) is 5.82 Å². The summed E-state index contributed by atoms with van der Waals surface area (Å²) in [6, 6.07) is 10.7. The SMILES string of the molecule is CCN(C(=O)C(C)Sc1nnc(C2CC2)n1-c1ccccc1)C1CCCCC1. The molecule has 1 atom stereocenters. The maximum atomic E-state index is 13.2. The molecule has 150 valence electrons. The lowest BCUT2D eigenvalue weighted by molar-refractivity contribution is -0.133. The first kappa shape index (κ1) is 19.5. The van der Waals surface area contributed by atoms with E-state index in [0.717, 1.165) is 36.1 Å². The van der Waals surface area contributed by atoms with Gasteiger partial charge in [0.15, 0.2) is 5.16 Å². The topological polar surface area (TPSA) is 51.0 Å². The zero-order valence-electron chi connectivity index (χ0n) is 16.9. The van der Waals surface area contributed by atoms with E-state index in [1.807, 2.05) is 25.1 Å².